The highest BCUT2D eigenvalue weighted by Crippen LogP contribution is 2.30. The second-order valence-electron chi connectivity index (χ2n) is 4.52. The van der Waals surface area contributed by atoms with Crippen LogP contribution in [0.2, 0.25) is 0 Å². The molecule has 1 N–H and O–H groups in total. The van der Waals surface area contributed by atoms with Crippen LogP contribution in [-0.2, 0) is 19.4 Å². The van der Waals surface area contributed by atoms with Gasteiger partial charge in [0.15, 0.2) is 4.88 Å². The number of ether oxygens (including phenoxy) is 1. The molecular formula is C16H18O3S. The summed E-state index contributed by atoms with van der Waals surface area (Å²) in [4.78, 5) is 12.5. The topological polar surface area (TPSA) is 46.5 Å². The number of benzene rings is 1. The first-order chi connectivity index (χ1) is 9.63. The summed E-state index contributed by atoms with van der Waals surface area (Å²) in [7, 11) is 0. The van der Waals surface area contributed by atoms with E-state index in [2.05, 4.69) is 19.1 Å². The lowest BCUT2D eigenvalue weighted by Gasteiger charge is -2.06. The number of carboxylic acids is 1. The van der Waals surface area contributed by atoms with Crippen molar-refractivity contribution in [2.75, 3.05) is 0 Å². The molecule has 0 aliphatic rings. The second kappa shape index (κ2) is 6.57. The van der Waals surface area contributed by atoms with E-state index in [1.165, 1.54) is 16.9 Å². The van der Waals surface area contributed by atoms with Crippen LogP contribution in [0.25, 0.3) is 0 Å². The van der Waals surface area contributed by atoms with Crippen molar-refractivity contribution >= 4 is 17.3 Å². The van der Waals surface area contributed by atoms with Crippen molar-refractivity contribution in [2.24, 2.45) is 0 Å². The van der Waals surface area contributed by atoms with Gasteiger partial charge in [0.05, 0.1) is 0 Å². The minimum Gasteiger partial charge on any atom is -0.487 e. The van der Waals surface area contributed by atoms with Crippen molar-refractivity contribution in [1.29, 1.82) is 0 Å². The number of thiophene rings is 1. The summed E-state index contributed by atoms with van der Waals surface area (Å²) in [5.74, 6) is -0.454. The van der Waals surface area contributed by atoms with Crippen molar-refractivity contribution in [3.8, 4) is 5.75 Å². The van der Waals surface area contributed by atoms with Gasteiger partial charge >= 0.3 is 5.97 Å². The quantitative estimate of drug-likeness (QED) is 0.869. The normalized spacial score (nSPS) is 10.5. The average Bonchev–Trinajstić information content (AvgIpc) is 2.89. The van der Waals surface area contributed by atoms with Crippen molar-refractivity contribution in [3.05, 3.63) is 51.2 Å². The van der Waals surface area contributed by atoms with E-state index < -0.39 is 5.97 Å². The summed E-state index contributed by atoms with van der Waals surface area (Å²) in [6.07, 6.45) is 1.83. The molecule has 0 aliphatic carbocycles. The Morgan fingerprint density at radius 3 is 2.35 bits per heavy atom. The van der Waals surface area contributed by atoms with Gasteiger partial charge in [-0.3, -0.25) is 0 Å². The molecule has 0 bridgehead atoms. The Morgan fingerprint density at radius 2 is 1.80 bits per heavy atom. The van der Waals surface area contributed by atoms with Gasteiger partial charge in [0.25, 0.3) is 0 Å². The largest absolute Gasteiger partial charge is 0.487 e. The molecule has 3 nitrogen and oxygen atoms in total. The molecule has 20 heavy (non-hydrogen) atoms. The van der Waals surface area contributed by atoms with Crippen molar-refractivity contribution in [2.45, 2.75) is 33.3 Å². The molecule has 0 saturated carbocycles. The van der Waals surface area contributed by atoms with Gasteiger partial charge in [-0.25, -0.2) is 4.79 Å². The minimum absolute atomic E-state index is 0.284. The standard InChI is InChI=1S/C16H18O3S/c1-3-11-5-7-12(8-6-11)10-19-14-9-13(4-2)20-15(14)16(17)18/h5-9H,3-4,10H2,1-2H3,(H,17,18). The summed E-state index contributed by atoms with van der Waals surface area (Å²) in [6.45, 7) is 4.51. The zero-order chi connectivity index (χ0) is 14.5. The number of aromatic carboxylic acids is 1. The maximum absolute atomic E-state index is 11.2. The maximum atomic E-state index is 11.2. The predicted molar refractivity (Wildman–Crippen MR) is 80.8 cm³/mol. The summed E-state index contributed by atoms with van der Waals surface area (Å²) in [5, 5.41) is 9.17. The van der Waals surface area contributed by atoms with Gasteiger partial charge < -0.3 is 9.84 Å². The van der Waals surface area contributed by atoms with E-state index in [0.717, 1.165) is 23.3 Å². The molecule has 0 fully saturated rings. The predicted octanol–water partition coefficient (Wildman–Crippen LogP) is 4.15. The van der Waals surface area contributed by atoms with Crippen LogP contribution in [-0.4, -0.2) is 11.1 Å². The third-order valence-corrected chi connectivity index (χ3v) is 4.37. The van der Waals surface area contributed by atoms with Crippen molar-refractivity contribution in [1.82, 2.24) is 0 Å². The Bertz CT molecular complexity index is 584. The van der Waals surface area contributed by atoms with Crippen LogP contribution < -0.4 is 4.74 Å². The Balaban J connectivity index is 2.09. The lowest BCUT2D eigenvalue weighted by Crippen LogP contribution is -2.00. The van der Waals surface area contributed by atoms with Gasteiger partial charge in [0, 0.05) is 4.88 Å². The highest BCUT2D eigenvalue weighted by Gasteiger charge is 2.16. The summed E-state index contributed by atoms with van der Waals surface area (Å²) >= 11 is 1.28. The number of carboxylic acid groups (broad SMARTS) is 1. The Labute approximate surface area is 122 Å². The number of hydrogen-bond donors (Lipinski definition) is 1. The fraction of sp³-hybridized carbons (Fsp3) is 0.312. The number of rotatable bonds is 6. The number of carbonyl (C=O) groups is 1. The first-order valence-corrected chi connectivity index (χ1v) is 7.52. The maximum Gasteiger partial charge on any atom is 0.349 e. The van der Waals surface area contributed by atoms with Crippen LogP contribution in [0.4, 0.5) is 0 Å². The van der Waals surface area contributed by atoms with Gasteiger partial charge in [0.2, 0.25) is 0 Å². The molecule has 0 spiro atoms. The molecule has 0 radical (unpaired) electrons. The van der Waals surface area contributed by atoms with Crippen LogP contribution in [0, 0.1) is 0 Å². The minimum atomic E-state index is -0.925. The van der Waals surface area contributed by atoms with Crippen LogP contribution in [0.3, 0.4) is 0 Å². The SMILES string of the molecule is CCc1ccc(COc2cc(CC)sc2C(=O)O)cc1. The van der Waals surface area contributed by atoms with E-state index in [4.69, 9.17) is 4.74 Å². The molecule has 0 amide bonds. The fourth-order valence-electron chi connectivity index (χ4n) is 1.89. The van der Waals surface area contributed by atoms with E-state index in [0.29, 0.717) is 12.4 Å². The van der Waals surface area contributed by atoms with Gasteiger partial charge in [-0.15, -0.1) is 11.3 Å². The lowest BCUT2D eigenvalue weighted by molar-refractivity contribution is 0.0697. The smallest absolute Gasteiger partial charge is 0.349 e. The van der Waals surface area contributed by atoms with E-state index in [9.17, 15) is 9.90 Å². The van der Waals surface area contributed by atoms with E-state index in [1.54, 1.807) is 0 Å². The molecule has 0 atom stereocenters. The zero-order valence-electron chi connectivity index (χ0n) is 11.7. The molecule has 2 rings (SSSR count). The van der Waals surface area contributed by atoms with Gasteiger partial charge in [0.1, 0.15) is 12.4 Å². The summed E-state index contributed by atoms with van der Waals surface area (Å²) in [6, 6.07) is 10.0. The van der Waals surface area contributed by atoms with E-state index >= 15 is 0 Å². The highest BCUT2D eigenvalue weighted by atomic mass is 32.1. The highest BCUT2D eigenvalue weighted by molar-refractivity contribution is 7.14. The van der Waals surface area contributed by atoms with Crippen LogP contribution in [0.1, 0.15) is 39.5 Å². The second-order valence-corrected chi connectivity index (χ2v) is 5.66. The van der Waals surface area contributed by atoms with E-state index in [1.807, 2.05) is 25.1 Å². The molecule has 1 aromatic heterocycles. The Kier molecular flexibility index (Phi) is 4.79. The van der Waals surface area contributed by atoms with Gasteiger partial charge in [-0.2, -0.15) is 0 Å². The first-order valence-electron chi connectivity index (χ1n) is 6.70. The van der Waals surface area contributed by atoms with Crippen molar-refractivity contribution < 1.29 is 14.6 Å². The molecule has 106 valence electrons. The fourth-order valence-corrected chi connectivity index (χ4v) is 2.76. The Hall–Kier alpha value is -1.81. The van der Waals surface area contributed by atoms with Crippen LogP contribution >= 0.6 is 11.3 Å². The number of hydrogen-bond acceptors (Lipinski definition) is 3. The molecule has 0 aliphatic heterocycles. The lowest BCUT2D eigenvalue weighted by atomic mass is 10.1. The molecule has 0 saturated heterocycles. The summed E-state index contributed by atoms with van der Waals surface area (Å²) < 4.78 is 5.67. The molecule has 4 heteroatoms. The van der Waals surface area contributed by atoms with E-state index in [-0.39, 0.29) is 4.88 Å². The summed E-state index contributed by atoms with van der Waals surface area (Å²) in [5.41, 5.74) is 2.33. The van der Waals surface area contributed by atoms with Gasteiger partial charge in [-0.05, 0) is 30.0 Å². The third kappa shape index (κ3) is 3.39. The molecule has 0 unspecified atom stereocenters. The van der Waals surface area contributed by atoms with Crippen LogP contribution in [0.5, 0.6) is 5.75 Å². The molecule has 2 aromatic rings. The monoisotopic (exact) mass is 290 g/mol. The van der Waals surface area contributed by atoms with Crippen LogP contribution in [0.15, 0.2) is 30.3 Å². The molecular weight excluding hydrogens is 272 g/mol. The molecule has 1 aromatic carbocycles. The average molecular weight is 290 g/mol. The third-order valence-electron chi connectivity index (χ3n) is 3.12. The van der Waals surface area contributed by atoms with Crippen molar-refractivity contribution in [3.63, 3.8) is 0 Å². The molecule has 1 heterocycles. The Morgan fingerprint density at radius 1 is 1.15 bits per heavy atom. The van der Waals surface area contributed by atoms with Gasteiger partial charge in [-0.1, -0.05) is 38.1 Å². The zero-order valence-corrected chi connectivity index (χ0v) is 12.5. The first kappa shape index (κ1) is 14.6. The number of aryl methyl sites for hydroxylation is 2.